The van der Waals surface area contributed by atoms with E-state index in [1.807, 2.05) is 54.4 Å². The van der Waals surface area contributed by atoms with Gasteiger partial charge in [-0.25, -0.2) is 0 Å². The Morgan fingerprint density at radius 2 is 2.20 bits per heavy atom. The van der Waals surface area contributed by atoms with E-state index in [1.165, 1.54) is 0 Å². The number of rotatable bonds is 6. The molecule has 132 valence electrons. The third kappa shape index (κ3) is 4.57. The van der Waals surface area contributed by atoms with Crippen molar-refractivity contribution in [2.24, 2.45) is 0 Å². The molecule has 25 heavy (non-hydrogen) atoms. The lowest BCUT2D eigenvalue weighted by Gasteiger charge is -2.33. The summed E-state index contributed by atoms with van der Waals surface area (Å²) in [6, 6.07) is 11.6. The molecule has 0 saturated carbocycles. The molecule has 1 aromatic carbocycles. The van der Waals surface area contributed by atoms with Crippen LogP contribution in [0.3, 0.4) is 0 Å². The Bertz CT molecular complexity index is 688. The number of pyridine rings is 1. The Balaban J connectivity index is 1.70. The minimum Gasteiger partial charge on any atom is -0.380 e. The summed E-state index contributed by atoms with van der Waals surface area (Å²) in [5.41, 5.74) is 2.65. The molecule has 1 aliphatic rings. The molecule has 1 aliphatic heterocycles. The van der Waals surface area contributed by atoms with Gasteiger partial charge in [0.15, 0.2) is 0 Å². The number of para-hydroxylation sites is 1. The van der Waals surface area contributed by atoms with Crippen LogP contribution in [0, 0.1) is 0 Å². The summed E-state index contributed by atoms with van der Waals surface area (Å²) in [7, 11) is 0. The number of carbonyl (C=O) groups excluding carboxylic acids is 1. The number of piperidine rings is 1. The molecule has 1 fully saturated rings. The Morgan fingerprint density at radius 3 is 3.00 bits per heavy atom. The standard InChI is InChI=1S/C20H25N3O2/c1-2-25-17-8-6-12-23(15-17)20(24)18-9-3-4-10-19(18)22-14-16-7-5-11-21-13-16/h3-5,7,9-11,13,17,22H,2,6,8,12,14-15H2,1H3/t17-/m0/s1. The summed E-state index contributed by atoms with van der Waals surface area (Å²) in [6.07, 6.45) is 5.75. The predicted octanol–water partition coefficient (Wildman–Crippen LogP) is 3.33. The fourth-order valence-corrected chi connectivity index (χ4v) is 3.19. The monoisotopic (exact) mass is 339 g/mol. The van der Waals surface area contributed by atoms with Crippen molar-refractivity contribution >= 4 is 11.6 Å². The molecular formula is C20H25N3O2. The normalized spacial score (nSPS) is 17.3. The zero-order valence-corrected chi connectivity index (χ0v) is 14.6. The number of anilines is 1. The van der Waals surface area contributed by atoms with Crippen LogP contribution in [-0.4, -0.2) is 41.6 Å². The summed E-state index contributed by atoms with van der Waals surface area (Å²) >= 11 is 0. The van der Waals surface area contributed by atoms with E-state index >= 15 is 0 Å². The second kappa shape index (κ2) is 8.62. The highest BCUT2D eigenvalue weighted by molar-refractivity contribution is 5.99. The van der Waals surface area contributed by atoms with Gasteiger partial charge in [0.2, 0.25) is 0 Å². The van der Waals surface area contributed by atoms with Crippen molar-refractivity contribution in [1.82, 2.24) is 9.88 Å². The average molecular weight is 339 g/mol. The number of nitrogens with one attached hydrogen (secondary N) is 1. The van der Waals surface area contributed by atoms with E-state index in [4.69, 9.17) is 4.74 Å². The van der Waals surface area contributed by atoms with Crippen LogP contribution in [0.4, 0.5) is 5.69 Å². The van der Waals surface area contributed by atoms with Gasteiger partial charge in [-0.3, -0.25) is 9.78 Å². The maximum atomic E-state index is 13.0. The Labute approximate surface area is 149 Å². The van der Waals surface area contributed by atoms with Gasteiger partial charge in [-0.2, -0.15) is 0 Å². The second-order valence-corrected chi connectivity index (χ2v) is 6.23. The maximum Gasteiger partial charge on any atom is 0.256 e. The van der Waals surface area contributed by atoms with E-state index in [2.05, 4.69) is 10.3 Å². The topological polar surface area (TPSA) is 54.5 Å². The lowest BCUT2D eigenvalue weighted by atomic mass is 10.1. The molecule has 0 spiro atoms. The summed E-state index contributed by atoms with van der Waals surface area (Å²) in [6.45, 7) is 4.79. The minimum absolute atomic E-state index is 0.0682. The number of aromatic nitrogens is 1. The number of benzene rings is 1. The van der Waals surface area contributed by atoms with E-state index in [9.17, 15) is 4.79 Å². The van der Waals surface area contributed by atoms with E-state index in [1.54, 1.807) is 6.20 Å². The second-order valence-electron chi connectivity index (χ2n) is 6.23. The van der Waals surface area contributed by atoms with Gasteiger partial charge >= 0.3 is 0 Å². The van der Waals surface area contributed by atoms with E-state index in [0.717, 1.165) is 30.6 Å². The number of ether oxygens (including phenoxy) is 1. The van der Waals surface area contributed by atoms with Crippen molar-refractivity contribution in [2.75, 3.05) is 25.0 Å². The first-order valence-electron chi connectivity index (χ1n) is 8.90. The average Bonchev–Trinajstić information content (AvgIpc) is 2.67. The molecule has 0 unspecified atom stereocenters. The summed E-state index contributed by atoms with van der Waals surface area (Å²) in [5.74, 6) is 0.0682. The largest absolute Gasteiger partial charge is 0.380 e. The van der Waals surface area contributed by atoms with Crippen molar-refractivity contribution in [3.63, 3.8) is 0 Å². The summed E-state index contributed by atoms with van der Waals surface area (Å²) in [4.78, 5) is 19.0. The lowest BCUT2D eigenvalue weighted by molar-refractivity contribution is 0.00727. The van der Waals surface area contributed by atoms with Gasteiger partial charge in [0, 0.05) is 44.3 Å². The van der Waals surface area contributed by atoms with Crippen molar-refractivity contribution in [3.8, 4) is 0 Å². The zero-order chi connectivity index (χ0) is 17.5. The SMILES string of the molecule is CCO[C@H]1CCCN(C(=O)c2ccccc2NCc2cccnc2)C1. The van der Waals surface area contributed by atoms with Crippen molar-refractivity contribution < 1.29 is 9.53 Å². The Hall–Kier alpha value is -2.40. The van der Waals surface area contributed by atoms with Crippen LogP contribution in [0.25, 0.3) is 0 Å². The van der Waals surface area contributed by atoms with Crippen LogP contribution in [0.15, 0.2) is 48.8 Å². The number of hydrogen-bond acceptors (Lipinski definition) is 4. The first-order valence-corrected chi connectivity index (χ1v) is 8.90. The molecule has 5 heteroatoms. The molecule has 3 rings (SSSR count). The minimum atomic E-state index is 0.0682. The quantitative estimate of drug-likeness (QED) is 0.877. The number of nitrogens with zero attached hydrogens (tertiary/aromatic N) is 2. The van der Waals surface area contributed by atoms with Crippen LogP contribution in [0.1, 0.15) is 35.7 Å². The van der Waals surface area contributed by atoms with E-state index in [0.29, 0.717) is 25.3 Å². The van der Waals surface area contributed by atoms with Crippen LogP contribution < -0.4 is 5.32 Å². The van der Waals surface area contributed by atoms with Gasteiger partial charge in [-0.15, -0.1) is 0 Å². The molecular weight excluding hydrogens is 314 g/mol. The van der Waals surface area contributed by atoms with E-state index < -0.39 is 0 Å². The van der Waals surface area contributed by atoms with Gasteiger partial charge in [0.05, 0.1) is 11.7 Å². The fraction of sp³-hybridized carbons (Fsp3) is 0.400. The van der Waals surface area contributed by atoms with Crippen LogP contribution in [0.2, 0.25) is 0 Å². The highest BCUT2D eigenvalue weighted by Gasteiger charge is 2.25. The third-order valence-electron chi connectivity index (χ3n) is 4.43. The predicted molar refractivity (Wildman–Crippen MR) is 98.6 cm³/mol. The maximum absolute atomic E-state index is 13.0. The first-order chi connectivity index (χ1) is 12.3. The third-order valence-corrected chi connectivity index (χ3v) is 4.43. The molecule has 1 amide bonds. The fourth-order valence-electron chi connectivity index (χ4n) is 3.19. The molecule has 5 nitrogen and oxygen atoms in total. The van der Waals surface area contributed by atoms with Crippen LogP contribution in [0.5, 0.6) is 0 Å². The molecule has 1 aromatic heterocycles. The van der Waals surface area contributed by atoms with Gasteiger partial charge in [-0.05, 0) is 43.5 Å². The van der Waals surface area contributed by atoms with Gasteiger partial charge in [0.1, 0.15) is 0 Å². The van der Waals surface area contributed by atoms with Crippen molar-refractivity contribution in [3.05, 3.63) is 59.9 Å². The van der Waals surface area contributed by atoms with Crippen LogP contribution >= 0.6 is 0 Å². The molecule has 2 aromatic rings. The molecule has 2 heterocycles. The number of hydrogen-bond donors (Lipinski definition) is 1. The highest BCUT2D eigenvalue weighted by atomic mass is 16.5. The van der Waals surface area contributed by atoms with Gasteiger partial charge in [-0.1, -0.05) is 18.2 Å². The molecule has 0 bridgehead atoms. The molecule has 1 saturated heterocycles. The summed E-state index contributed by atoms with van der Waals surface area (Å²) < 4.78 is 5.72. The van der Waals surface area contributed by atoms with Crippen molar-refractivity contribution in [2.45, 2.75) is 32.4 Å². The lowest BCUT2D eigenvalue weighted by Crippen LogP contribution is -2.43. The smallest absolute Gasteiger partial charge is 0.256 e. The molecule has 0 radical (unpaired) electrons. The van der Waals surface area contributed by atoms with Crippen LogP contribution in [-0.2, 0) is 11.3 Å². The van der Waals surface area contributed by atoms with E-state index in [-0.39, 0.29) is 12.0 Å². The molecule has 1 N–H and O–H groups in total. The first kappa shape index (κ1) is 17.4. The van der Waals surface area contributed by atoms with Gasteiger partial charge < -0.3 is 15.0 Å². The molecule has 1 atom stereocenters. The van der Waals surface area contributed by atoms with Gasteiger partial charge in [0.25, 0.3) is 5.91 Å². The summed E-state index contributed by atoms with van der Waals surface area (Å²) in [5, 5.41) is 3.37. The number of likely N-dealkylation sites (tertiary alicyclic amines) is 1. The Kier molecular flexibility index (Phi) is 6.01. The Morgan fingerprint density at radius 1 is 1.32 bits per heavy atom. The molecule has 0 aliphatic carbocycles. The number of carbonyl (C=O) groups is 1. The highest BCUT2D eigenvalue weighted by Crippen LogP contribution is 2.21. The number of amides is 1. The zero-order valence-electron chi connectivity index (χ0n) is 14.6. The van der Waals surface area contributed by atoms with Crippen molar-refractivity contribution in [1.29, 1.82) is 0 Å².